The number of rotatable bonds is 9. The molecule has 3 aromatic rings. The van der Waals surface area contributed by atoms with Crippen LogP contribution >= 0.6 is 0 Å². The van der Waals surface area contributed by atoms with Crippen LogP contribution in [0.2, 0.25) is 0 Å². The SMILES string of the molecule is COc1ccc(N(C)C(=O)CN(CCc2ccccc2)S(=O)(=O)c2ccccc2)cc1. The van der Waals surface area contributed by atoms with Crippen LogP contribution < -0.4 is 9.64 Å². The Hall–Kier alpha value is -3.16. The van der Waals surface area contributed by atoms with Gasteiger partial charge >= 0.3 is 0 Å². The average Bonchev–Trinajstić information content (AvgIpc) is 2.82. The summed E-state index contributed by atoms with van der Waals surface area (Å²) in [7, 11) is -0.621. The van der Waals surface area contributed by atoms with Crippen molar-refractivity contribution in [2.45, 2.75) is 11.3 Å². The number of sulfonamides is 1. The van der Waals surface area contributed by atoms with Crippen molar-refractivity contribution < 1.29 is 17.9 Å². The molecule has 3 rings (SSSR count). The molecule has 0 aliphatic carbocycles. The first-order valence-corrected chi connectivity index (χ1v) is 11.4. The fourth-order valence-corrected chi connectivity index (χ4v) is 4.54. The van der Waals surface area contributed by atoms with Crippen LogP contribution in [0.3, 0.4) is 0 Å². The summed E-state index contributed by atoms with van der Waals surface area (Å²) < 4.78 is 32.9. The zero-order valence-electron chi connectivity index (χ0n) is 17.6. The largest absolute Gasteiger partial charge is 0.497 e. The maximum atomic E-state index is 13.3. The van der Waals surface area contributed by atoms with E-state index < -0.39 is 10.0 Å². The molecule has 0 unspecified atom stereocenters. The molecule has 6 nitrogen and oxygen atoms in total. The molecule has 0 bridgehead atoms. The Morgan fingerprint density at radius 1 is 0.871 bits per heavy atom. The van der Waals surface area contributed by atoms with Crippen LogP contribution in [0.1, 0.15) is 5.56 Å². The van der Waals surface area contributed by atoms with Crippen LogP contribution in [0.5, 0.6) is 5.75 Å². The average molecular weight is 439 g/mol. The molecule has 0 radical (unpaired) electrons. The standard InChI is InChI=1S/C24H26N2O4S/c1-25(21-13-15-22(30-2)16-14-21)24(27)19-26(18-17-20-9-5-3-6-10-20)31(28,29)23-11-7-4-8-12-23/h3-16H,17-19H2,1-2H3. The molecule has 1 amide bonds. The number of amides is 1. The molecular weight excluding hydrogens is 412 g/mol. The van der Waals surface area contributed by atoms with E-state index in [1.165, 1.54) is 9.21 Å². The van der Waals surface area contributed by atoms with E-state index in [1.807, 2.05) is 30.3 Å². The molecule has 0 aromatic heterocycles. The topological polar surface area (TPSA) is 66.9 Å². The zero-order chi connectivity index (χ0) is 22.3. The number of benzene rings is 3. The van der Waals surface area contributed by atoms with E-state index in [2.05, 4.69) is 0 Å². The minimum atomic E-state index is -3.83. The quantitative estimate of drug-likeness (QED) is 0.512. The van der Waals surface area contributed by atoms with Crippen LogP contribution in [0.25, 0.3) is 0 Å². The smallest absolute Gasteiger partial charge is 0.243 e. The summed E-state index contributed by atoms with van der Waals surface area (Å²) in [6.07, 6.45) is 0.506. The highest BCUT2D eigenvalue weighted by molar-refractivity contribution is 7.89. The highest BCUT2D eigenvalue weighted by Gasteiger charge is 2.27. The lowest BCUT2D eigenvalue weighted by atomic mass is 10.1. The minimum absolute atomic E-state index is 0.169. The number of anilines is 1. The summed E-state index contributed by atoms with van der Waals surface area (Å²) in [5.41, 5.74) is 1.66. The molecular formula is C24H26N2O4S. The number of nitrogens with zero attached hydrogens (tertiary/aromatic N) is 2. The highest BCUT2D eigenvalue weighted by atomic mass is 32.2. The van der Waals surface area contributed by atoms with Gasteiger partial charge in [-0.15, -0.1) is 0 Å². The second-order valence-corrected chi connectivity index (χ2v) is 8.98. The molecule has 0 saturated heterocycles. The van der Waals surface area contributed by atoms with Crippen LogP contribution in [0, 0.1) is 0 Å². The third kappa shape index (κ3) is 5.71. The Labute approximate surface area is 183 Å². The normalized spacial score (nSPS) is 11.3. The minimum Gasteiger partial charge on any atom is -0.497 e. The van der Waals surface area contributed by atoms with Crippen molar-refractivity contribution >= 4 is 21.6 Å². The van der Waals surface area contributed by atoms with Gasteiger partial charge in [-0.25, -0.2) is 8.42 Å². The van der Waals surface area contributed by atoms with Crippen LogP contribution in [0.15, 0.2) is 89.8 Å². The summed E-state index contributed by atoms with van der Waals surface area (Å²) in [6.45, 7) is -0.0595. The lowest BCUT2D eigenvalue weighted by Crippen LogP contribution is -2.42. The number of carbonyl (C=O) groups excluding carboxylic acids is 1. The van der Waals surface area contributed by atoms with Gasteiger partial charge in [0.05, 0.1) is 18.6 Å². The molecule has 0 spiro atoms. The van der Waals surface area contributed by atoms with Gasteiger partial charge in [-0.1, -0.05) is 48.5 Å². The third-order valence-corrected chi connectivity index (χ3v) is 6.88. The van der Waals surface area contributed by atoms with Gasteiger partial charge in [-0.2, -0.15) is 4.31 Å². The van der Waals surface area contributed by atoms with Gasteiger partial charge in [-0.05, 0) is 48.4 Å². The summed E-state index contributed by atoms with van der Waals surface area (Å²) in [5, 5.41) is 0. The lowest BCUT2D eigenvalue weighted by molar-refractivity contribution is -0.118. The second kappa shape index (κ2) is 10.2. The fraction of sp³-hybridized carbons (Fsp3) is 0.208. The first-order chi connectivity index (χ1) is 14.9. The summed E-state index contributed by atoms with van der Waals surface area (Å²) in [6, 6.07) is 24.9. The molecule has 0 saturated carbocycles. The van der Waals surface area contributed by atoms with Crippen LogP contribution in [0.4, 0.5) is 5.69 Å². The second-order valence-electron chi connectivity index (χ2n) is 7.04. The number of hydrogen-bond acceptors (Lipinski definition) is 4. The van der Waals surface area contributed by atoms with Crippen LogP contribution in [-0.2, 0) is 21.2 Å². The number of hydrogen-bond donors (Lipinski definition) is 0. The maximum absolute atomic E-state index is 13.3. The van der Waals surface area contributed by atoms with Crippen molar-refractivity contribution in [1.29, 1.82) is 0 Å². The number of methoxy groups -OCH3 is 1. The van der Waals surface area contributed by atoms with Gasteiger partial charge < -0.3 is 9.64 Å². The Kier molecular flexibility index (Phi) is 7.44. The van der Waals surface area contributed by atoms with Gasteiger partial charge in [0.1, 0.15) is 5.75 Å². The van der Waals surface area contributed by atoms with E-state index in [0.29, 0.717) is 17.9 Å². The Bertz CT molecular complexity index is 1090. The predicted molar refractivity (Wildman–Crippen MR) is 122 cm³/mol. The summed E-state index contributed by atoms with van der Waals surface area (Å²) in [5.74, 6) is 0.360. The number of ether oxygens (including phenoxy) is 1. The van der Waals surface area contributed by atoms with Crippen LogP contribution in [-0.4, -0.2) is 45.9 Å². The first kappa shape index (κ1) is 22.5. The maximum Gasteiger partial charge on any atom is 0.243 e. The van der Waals surface area contributed by atoms with E-state index in [1.54, 1.807) is 68.8 Å². The van der Waals surface area contributed by atoms with E-state index in [-0.39, 0.29) is 23.9 Å². The van der Waals surface area contributed by atoms with E-state index in [4.69, 9.17) is 4.74 Å². The summed E-state index contributed by atoms with van der Waals surface area (Å²) >= 11 is 0. The highest BCUT2D eigenvalue weighted by Crippen LogP contribution is 2.20. The van der Waals surface area contributed by atoms with Crippen molar-refractivity contribution in [2.24, 2.45) is 0 Å². The van der Waals surface area contributed by atoms with Gasteiger partial charge in [0.25, 0.3) is 0 Å². The number of carbonyl (C=O) groups is 1. The van der Waals surface area contributed by atoms with Crippen molar-refractivity contribution in [2.75, 3.05) is 32.1 Å². The monoisotopic (exact) mass is 438 g/mol. The van der Waals surface area contributed by atoms with Gasteiger partial charge in [0.15, 0.2) is 0 Å². The van der Waals surface area contributed by atoms with E-state index in [0.717, 1.165) is 5.56 Å². The van der Waals surface area contributed by atoms with Gasteiger partial charge in [0, 0.05) is 19.3 Å². The molecule has 0 fully saturated rings. The van der Waals surface area contributed by atoms with Gasteiger partial charge in [-0.3, -0.25) is 4.79 Å². The zero-order valence-corrected chi connectivity index (χ0v) is 18.5. The molecule has 0 N–H and O–H groups in total. The molecule has 31 heavy (non-hydrogen) atoms. The van der Waals surface area contributed by atoms with Crippen molar-refractivity contribution in [3.05, 3.63) is 90.5 Å². The van der Waals surface area contributed by atoms with E-state index in [9.17, 15) is 13.2 Å². The molecule has 0 aliphatic rings. The lowest BCUT2D eigenvalue weighted by Gasteiger charge is -2.25. The van der Waals surface area contributed by atoms with Crippen molar-refractivity contribution in [3.63, 3.8) is 0 Å². The third-order valence-electron chi connectivity index (χ3n) is 5.02. The van der Waals surface area contributed by atoms with Gasteiger partial charge in [0.2, 0.25) is 15.9 Å². The number of likely N-dealkylation sites (N-methyl/N-ethyl adjacent to an activating group) is 1. The molecule has 0 aliphatic heterocycles. The van der Waals surface area contributed by atoms with Crippen molar-refractivity contribution in [3.8, 4) is 5.75 Å². The molecule has 0 atom stereocenters. The first-order valence-electron chi connectivity index (χ1n) is 9.91. The van der Waals surface area contributed by atoms with Crippen molar-refractivity contribution in [1.82, 2.24) is 4.31 Å². The molecule has 0 heterocycles. The predicted octanol–water partition coefficient (Wildman–Crippen LogP) is 3.59. The molecule has 7 heteroatoms. The Morgan fingerprint density at radius 2 is 1.45 bits per heavy atom. The summed E-state index contributed by atoms with van der Waals surface area (Å²) in [4.78, 5) is 14.6. The molecule has 162 valence electrons. The molecule has 3 aromatic carbocycles. The Morgan fingerprint density at radius 3 is 2.03 bits per heavy atom. The van der Waals surface area contributed by atoms with E-state index >= 15 is 0 Å². The Balaban J connectivity index is 1.81. The fourth-order valence-electron chi connectivity index (χ4n) is 3.13.